The van der Waals surface area contributed by atoms with Crippen LogP contribution in [0.25, 0.3) is 0 Å². The van der Waals surface area contributed by atoms with Crippen LogP contribution < -0.4 is 21.3 Å². The average Bonchev–Trinajstić information content (AvgIpc) is 3.31. The van der Waals surface area contributed by atoms with Crippen LogP contribution in [0.1, 0.15) is 107 Å². The highest BCUT2D eigenvalue weighted by Crippen LogP contribution is 2.65. The SMILES string of the molecule is C#CCCC(NC(=O)[C@@H]1[C@@H]2C(CN1C(=O)[C@@H](NC(=O)NC1(CS(=O)(=O)C(C)(C)C)CCCCC1)C(C)(C)C)C2(C)C)C(=O)C(=O)NCCC=C. The van der Waals surface area contributed by atoms with E-state index in [9.17, 15) is 32.4 Å². The summed E-state index contributed by atoms with van der Waals surface area (Å²) in [5, 5.41) is 11.1. The Bertz CT molecular complexity index is 1480. The van der Waals surface area contributed by atoms with Crippen LogP contribution in [0.2, 0.25) is 0 Å². The summed E-state index contributed by atoms with van der Waals surface area (Å²) in [6.07, 6.45) is 11.2. The predicted molar refractivity (Wildman–Crippen MR) is 193 cm³/mol. The Kier molecular flexibility index (Phi) is 12.7. The fourth-order valence-electron chi connectivity index (χ4n) is 7.44. The zero-order chi connectivity index (χ0) is 37.9. The number of nitrogens with one attached hydrogen (secondary N) is 4. The lowest BCUT2D eigenvalue weighted by atomic mass is 9.83. The molecule has 0 spiro atoms. The number of carbonyl (C=O) groups excluding carboxylic acids is 5. The molecule has 4 N–H and O–H groups in total. The van der Waals surface area contributed by atoms with Gasteiger partial charge in [0, 0.05) is 19.5 Å². The van der Waals surface area contributed by atoms with E-state index in [4.69, 9.17) is 6.42 Å². The lowest BCUT2D eigenvalue weighted by Crippen LogP contribution is -2.64. The van der Waals surface area contributed by atoms with Crippen molar-refractivity contribution < 1.29 is 32.4 Å². The molecule has 0 aromatic heterocycles. The number of Topliss-reactive ketones (excluding diaryl/α,β-unsaturated/α-hetero) is 1. The quantitative estimate of drug-likeness (QED) is 0.0925. The van der Waals surface area contributed by atoms with Crippen molar-refractivity contribution in [3.05, 3.63) is 12.7 Å². The molecule has 0 radical (unpaired) electrons. The zero-order valence-electron chi connectivity index (χ0n) is 31.2. The normalized spacial score (nSPS) is 23.7. The number of ketones is 1. The Morgan fingerprint density at radius 3 is 2.18 bits per heavy atom. The van der Waals surface area contributed by atoms with Gasteiger partial charge in [0.2, 0.25) is 17.6 Å². The third kappa shape index (κ3) is 9.28. The summed E-state index contributed by atoms with van der Waals surface area (Å²) >= 11 is 0. The van der Waals surface area contributed by atoms with Crippen LogP contribution in [0.15, 0.2) is 12.7 Å². The molecule has 2 saturated carbocycles. The van der Waals surface area contributed by atoms with Gasteiger partial charge < -0.3 is 26.2 Å². The molecule has 5 amide bonds. The molecule has 3 fully saturated rings. The van der Waals surface area contributed by atoms with E-state index in [1.165, 1.54) is 4.90 Å². The van der Waals surface area contributed by atoms with Crippen molar-refractivity contribution in [2.75, 3.05) is 18.8 Å². The van der Waals surface area contributed by atoms with Crippen molar-refractivity contribution in [1.29, 1.82) is 0 Å². The molecular formula is C37H59N5O7S. The van der Waals surface area contributed by atoms with Gasteiger partial charge in [0.1, 0.15) is 12.1 Å². The highest BCUT2D eigenvalue weighted by Gasteiger charge is 2.70. The smallest absolute Gasteiger partial charge is 0.315 e. The summed E-state index contributed by atoms with van der Waals surface area (Å²) in [5.41, 5.74) is -2.00. The molecule has 1 aliphatic heterocycles. The number of likely N-dealkylation sites (tertiary alicyclic amines) is 1. The van der Waals surface area contributed by atoms with Gasteiger partial charge in [-0.05, 0) is 69.1 Å². The first-order chi connectivity index (χ1) is 23.0. The Hall–Kier alpha value is -3.40. The number of hydrogen-bond acceptors (Lipinski definition) is 7. The molecule has 0 aromatic carbocycles. The minimum atomic E-state index is -3.58. The van der Waals surface area contributed by atoms with E-state index in [1.54, 1.807) is 26.8 Å². The Labute approximate surface area is 299 Å². The highest BCUT2D eigenvalue weighted by molar-refractivity contribution is 7.92. The molecule has 2 aliphatic carbocycles. The predicted octanol–water partition coefficient (Wildman–Crippen LogP) is 3.26. The van der Waals surface area contributed by atoms with Crippen LogP contribution in [-0.4, -0.2) is 90.1 Å². The number of carbonyl (C=O) groups is 5. The first-order valence-corrected chi connectivity index (χ1v) is 19.5. The van der Waals surface area contributed by atoms with E-state index in [0.717, 1.165) is 19.3 Å². The maximum absolute atomic E-state index is 14.4. The van der Waals surface area contributed by atoms with E-state index in [-0.39, 0.29) is 48.9 Å². The van der Waals surface area contributed by atoms with Crippen molar-refractivity contribution in [3.63, 3.8) is 0 Å². The van der Waals surface area contributed by atoms with Crippen LogP contribution in [-0.2, 0) is 29.0 Å². The van der Waals surface area contributed by atoms with Crippen LogP contribution in [0, 0.1) is 35.0 Å². The van der Waals surface area contributed by atoms with Gasteiger partial charge in [-0.15, -0.1) is 18.9 Å². The Balaban J connectivity index is 1.86. The van der Waals surface area contributed by atoms with E-state index >= 15 is 0 Å². The molecule has 0 aromatic rings. The topological polar surface area (TPSA) is 171 Å². The third-order valence-corrected chi connectivity index (χ3v) is 13.6. The number of fused-ring (bicyclic) bond motifs is 1. The Morgan fingerprint density at radius 2 is 1.64 bits per heavy atom. The first kappa shape index (κ1) is 41.0. The molecule has 12 nitrogen and oxygen atoms in total. The number of urea groups is 1. The lowest BCUT2D eigenvalue weighted by Gasteiger charge is -2.41. The molecule has 5 atom stereocenters. The standard InChI is InChI=1S/C37H59N5O7S/c1-11-13-18-25(28(43)31(45)38-21-14-12-2)39-30(44)27-26-24(36(26,9)10)22-42(27)32(46)29(34(3,4)5)40-33(47)41-37(19-16-15-17-20-37)23-50(48,49)35(6,7)8/h1,12,24-27,29H,2,13-23H2,3-10H3,(H,38,45)(H,39,44)(H2,40,41,47)/t24?,25?,26-,27-,29+/m0/s1. The minimum Gasteiger partial charge on any atom is -0.349 e. The van der Waals surface area contributed by atoms with Gasteiger partial charge >= 0.3 is 6.03 Å². The molecule has 2 unspecified atom stereocenters. The van der Waals surface area contributed by atoms with E-state index in [0.29, 0.717) is 19.3 Å². The van der Waals surface area contributed by atoms with Gasteiger partial charge in [-0.1, -0.05) is 60.0 Å². The molecule has 280 valence electrons. The highest BCUT2D eigenvalue weighted by atomic mass is 32.2. The molecule has 1 saturated heterocycles. The van der Waals surface area contributed by atoms with Crippen LogP contribution >= 0.6 is 0 Å². The average molecular weight is 718 g/mol. The summed E-state index contributed by atoms with van der Waals surface area (Å²) in [6.45, 7) is 18.5. The summed E-state index contributed by atoms with van der Waals surface area (Å²) in [4.78, 5) is 69.5. The molecule has 13 heteroatoms. The first-order valence-electron chi connectivity index (χ1n) is 17.8. The monoisotopic (exact) mass is 717 g/mol. The number of terminal acetylenes is 1. The van der Waals surface area contributed by atoms with Gasteiger partial charge in [-0.25, -0.2) is 13.2 Å². The summed E-state index contributed by atoms with van der Waals surface area (Å²) < 4.78 is 25.6. The summed E-state index contributed by atoms with van der Waals surface area (Å²) in [5.74, 6) is -0.604. The fourth-order valence-corrected chi connectivity index (χ4v) is 8.96. The molecule has 0 bridgehead atoms. The van der Waals surface area contributed by atoms with Crippen molar-refractivity contribution in [2.24, 2.45) is 22.7 Å². The number of amides is 5. The van der Waals surface area contributed by atoms with Crippen LogP contribution in [0.4, 0.5) is 4.79 Å². The van der Waals surface area contributed by atoms with Crippen molar-refractivity contribution in [3.8, 4) is 12.3 Å². The summed E-state index contributed by atoms with van der Waals surface area (Å²) in [6, 6.07) is -3.83. The fraction of sp³-hybridized carbons (Fsp3) is 0.757. The molecular weight excluding hydrogens is 659 g/mol. The Morgan fingerprint density at radius 1 is 1.02 bits per heavy atom. The zero-order valence-corrected chi connectivity index (χ0v) is 32.1. The number of nitrogens with zero attached hydrogens (tertiary/aromatic N) is 1. The van der Waals surface area contributed by atoms with E-state index < -0.39 is 73.2 Å². The van der Waals surface area contributed by atoms with Gasteiger partial charge in [0.15, 0.2) is 9.84 Å². The second-order valence-corrected chi connectivity index (χ2v) is 19.7. The largest absolute Gasteiger partial charge is 0.349 e. The van der Waals surface area contributed by atoms with Crippen molar-refractivity contribution in [2.45, 2.75) is 135 Å². The minimum absolute atomic E-state index is 0.0202. The van der Waals surface area contributed by atoms with Gasteiger partial charge in [0.25, 0.3) is 5.91 Å². The molecule has 3 rings (SSSR count). The molecule has 3 aliphatic rings. The van der Waals surface area contributed by atoms with E-state index in [2.05, 4.69) is 33.8 Å². The third-order valence-electron chi connectivity index (χ3n) is 10.8. The number of piperidine rings is 1. The lowest BCUT2D eigenvalue weighted by molar-refractivity contribution is -0.145. The second-order valence-electron chi connectivity index (χ2n) is 17.0. The van der Waals surface area contributed by atoms with Crippen molar-refractivity contribution in [1.82, 2.24) is 26.2 Å². The van der Waals surface area contributed by atoms with E-state index in [1.807, 2.05) is 34.6 Å². The van der Waals surface area contributed by atoms with Gasteiger partial charge in [-0.3, -0.25) is 19.2 Å². The number of sulfone groups is 1. The summed E-state index contributed by atoms with van der Waals surface area (Å²) in [7, 11) is -3.58. The maximum atomic E-state index is 14.4. The van der Waals surface area contributed by atoms with Crippen molar-refractivity contribution >= 4 is 39.4 Å². The van der Waals surface area contributed by atoms with Crippen LogP contribution in [0.3, 0.4) is 0 Å². The molecule has 50 heavy (non-hydrogen) atoms. The second kappa shape index (κ2) is 15.5. The van der Waals surface area contributed by atoms with Crippen LogP contribution in [0.5, 0.6) is 0 Å². The van der Waals surface area contributed by atoms with Gasteiger partial charge in [-0.2, -0.15) is 0 Å². The van der Waals surface area contributed by atoms with Gasteiger partial charge in [0.05, 0.1) is 22.1 Å². The number of rotatable bonds is 14. The number of hydrogen-bond donors (Lipinski definition) is 4. The maximum Gasteiger partial charge on any atom is 0.315 e. The molecule has 1 heterocycles.